The first-order valence-corrected chi connectivity index (χ1v) is 16.4. The molecule has 4 heterocycles. The number of halogens is 1. The third-order valence-electron chi connectivity index (χ3n) is 8.46. The van der Waals surface area contributed by atoms with Gasteiger partial charge in [0.25, 0.3) is 11.5 Å². The highest BCUT2D eigenvalue weighted by Gasteiger charge is 2.36. The van der Waals surface area contributed by atoms with Gasteiger partial charge in [0, 0.05) is 41.1 Å². The maximum absolute atomic E-state index is 14.7. The Kier molecular flexibility index (Phi) is 8.40. The van der Waals surface area contributed by atoms with Gasteiger partial charge in [0.2, 0.25) is 0 Å². The second kappa shape index (κ2) is 12.2. The van der Waals surface area contributed by atoms with Gasteiger partial charge in [-0.1, -0.05) is 61.4 Å². The van der Waals surface area contributed by atoms with Gasteiger partial charge in [0.1, 0.15) is 5.01 Å². The van der Waals surface area contributed by atoms with E-state index >= 15 is 0 Å². The second-order valence-electron chi connectivity index (χ2n) is 11.7. The first kappa shape index (κ1) is 29.5. The SMILES string of the molecule is CCc1cccc(CC)c1-n1c(C=C(C)C)c(C(=O)N2CC3CCC(C2)N3)cc(-c2nc(-c3ccc(Cl)cc3)cs2)c1=O. The number of rotatable bonds is 7. The Morgan fingerprint density at radius 1 is 1.05 bits per heavy atom. The fourth-order valence-corrected chi connectivity index (χ4v) is 7.34. The summed E-state index contributed by atoms with van der Waals surface area (Å²) in [5.74, 6) is -0.0394. The third-order valence-corrected chi connectivity index (χ3v) is 9.59. The van der Waals surface area contributed by atoms with Crippen molar-refractivity contribution < 1.29 is 4.79 Å². The van der Waals surface area contributed by atoms with Crippen molar-refractivity contribution in [3.8, 4) is 27.5 Å². The van der Waals surface area contributed by atoms with Crippen molar-refractivity contribution in [3.63, 3.8) is 0 Å². The summed E-state index contributed by atoms with van der Waals surface area (Å²) in [7, 11) is 0. The van der Waals surface area contributed by atoms with Crippen LogP contribution in [-0.2, 0) is 12.8 Å². The van der Waals surface area contributed by atoms with Crippen molar-refractivity contribution in [3.05, 3.63) is 97.2 Å². The molecule has 2 saturated heterocycles. The van der Waals surface area contributed by atoms with Crippen LogP contribution in [-0.4, -0.2) is 45.5 Å². The smallest absolute Gasteiger partial charge is 0.265 e. The molecule has 0 spiro atoms. The molecule has 2 unspecified atom stereocenters. The number of nitrogens with zero attached hydrogens (tertiary/aromatic N) is 3. The summed E-state index contributed by atoms with van der Waals surface area (Å²) in [6, 6.07) is 16.2. The molecule has 2 atom stereocenters. The summed E-state index contributed by atoms with van der Waals surface area (Å²) in [5, 5.41) is 6.84. The highest BCUT2D eigenvalue weighted by molar-refractivity contribution is 7.13. The normalized spacial score (nSPS) is 17.7. The molecule has 0 saturated carbocycles. The van der Waals surface area contributed by atoms with E-state index in [0.29, 0.717) is 52.0 Å². The zero-order valence-corrected chi connectivity index (χ0v) is 26.7. The van der Waals surface area contributed by atoms with Crippen LogP contribution in [0.4, 0.5) is 0 Å². The molecule has 1 amide bonds. The molecule has 2 aromatic heterocycles. The number of piperazine rings is 1. The van der Waals surface area contributed by atoms with E-state index in [9.17, 15) is 9.59 Å². The quantitative estimate of drug-likeness (QED) is 0.236. The van der Waals surface area contributed by atoms with Crippen molar-refractivity contribution >= 4 is 34.9 Å². The van der Waals surface area contributed by atoms with Gasteiger partial charge in [0.15, 0.2) is 0 Å². The van der Waals surface area contributed by atoms with Gasteiger partial charge in [0.05, 0.1) is 28.2 Å². The number of allylic oxidation sites excluding steroid dienone is 1. The van der Waals surface area contributed by atoms with Crippen LogP contribution in [0, 0.1) is 0 Å². The minimum Gasteiger partial charge on any atom is -0.335 e. The summed E-state index contributed by atoms with van der Waals surface area (Å²) in [6.45, 7) is 9.57. The number of pyridine rings is 1. The second-order valence-corrected chi connectivity index (χ2v) is 13.0. The molecular formula is C35H37ClN4O2S. The third kappa shape index (κ3) is 5.74. The van der Waals surface area contributed by atoms with Crippen molar-refractivity contribution in [2.75, 3.05) is 13.1 Å². The van der Waals surface area contributed by atoms with Crippen molar-refractivity contribution in [2.24, 2.45) is 0 Å². The Labute approximate surface area is 262 Å². The van der Waals surface area contributed by atoms with Crippen LogP contribution < -0.4 is 10.9 Å². The maximum atomic E-state index is 14.7. The standard InChI is InChI=1S/C35H37ClN4O2S/c1-5-22-8-7-9-23(6-2)32(22)40-31(16-21(3)4)28(34(41)39-18-26-14-15-27(19-39)37-26)17-29(35(40)42)33-38-30(20-43-33)24-10-12-25(36)13-11-24/h7-13,16-17,20,26-27,37H,5-6,14-15,18-19H2,1-4H3. The number of hydrogen-bond donors (Lipinski definition) is 1. The zero-order valence-electron chi connectivity index (χ0n) is 25.1. The van der Waals surface area contributed by atoms with E-state index in [-0.39, 0.29) is 11.5 Å². The van der Waals surface area contributed by atoms with Crippen molar-refractivity contribution in [1.29, 1.82) is 0 Å². The summed E-state index contributed by atoms with van der Waals surface area (Å²) in [4.78, 5) is 36.1. The van der Waals surface area contributed by atoms with E-state index in [0.717, 1.165) is 59.3 Å². The fourth-order valence-electron chi connectivity index (χ4n) is 6.38. The number of benzene rings is 2. The monoisotopic (exact) mass is 612 g/mol. The van der Waals surface area contributed by atoms with Gasteiger partial charge in [-0.2, -0.15) is 0 Å². The molecule has 0 radical (unpaired) electrons. The van der Waals surface area contributed by atoms with E-state index in [1.807, 2.05) is 54.5 Å². The number of thiazole rings is 1. The molecular weight excluding hydrogens is 576 g/mol. The van der Waals surface area contributed by atoms with Crippen LogP contribution in [0.5, 0.6) is 0 Å². The minimum atomic E-state index is -0.169. The molecule has 2 aliphatic heterocycles. The number of fused-ring (bicyclic) bond motifs is 2. The molecule has 6 rings (SSSR count). The van der Waals surface area contributed by atoms with Crippen molar-refractivity contribution in [2.45, 2.75) is 65.5 Å². The molecule has 0 aliphatic carbocycles. The summed E-state index contributed by atoms with van der Waals surface area (Å²) < 4.78 is 1.80. The summed E-state index contributed by atoms with van der Waals surface area (Å²) in [6.07, 6.45) is 5.67. The van der Waals surface area contributed by atoms with E-state index in [1.165, 1.54) is 11.3 Å². The maximum Gasteiger partial charge on any atom is 0.265 e. The number of carbonyl (C=O) groups is 1. The molecule has 8 heteroatoms. The van der Waals surface area contributed by atoms with Crippen LogP contribution in [0.25, 0.3) is 33.6 Å². The predicted molar refractivity (Wildman–Crippen MR) is 178 cm³/mol. The molecule has 6 nitrogen and oxygen atoms in total. The molecule has 222 valence electrons. The van der Waals surface area contributed by atoms with E-state index < -0.39 is 0 Å². The molecule has 2 fully saturated rings. The minimum absolute atomic E-state index is 0.0394. The number of para-hydroxylation sites is 1. The Morgan fingerprint density at radius 3 is 2.30 bits per heavy atom. The topological polar surface area (TPSA) is 67.2 Å². The van der Waals surface area contributed by atoms with E-state index in [2.05, 4.69) is 37.4 Å². The fraction of sp³-hybridized carbons (Fsp3) is 0.343. The van der Waals surface area contributed by atoms with E-state index in [1.54, 1.807) is 10.6 Å². The number of amides is 1. The van der Waals surface area contributed by atoms with Gasteiger partial charge in [-0.3, -0.25) is 14.2 Å². The van der Waals surface area contributed by atoms with Crippen LogP contribution >= 0.6 is 22.9 Å². The highest BCUT2D eigenvalue weighted by atomic mass is 35.5. The van der Waals surface area contributed by atoms with Crippen LogP contribution in [0.1, 0.15) is 67.7 Å². The number of aryl methyl sites for hydroxylation is 2. The average molecular weight is 613 g/mol. The first-order chi connectivity index (χ1) is 20.8. The van der Waals surface area contributed by atoms with Gasteiger partial charge in [-0.15, -0.1) is 11.3 Å². The molecule has 43 heavy (non-hydrogen) atoms. The van der Waals surface area contributed by atoms with Crippen molar-refractivity contribution in [1.82, 2.24) is 19.8 Å². The van der Waals surface area contributed by atoms with Gasteiger partial charge in [-0.25, -0.2) is 4.98 Å². The zero-order chi connectivity index (χ0) is 30.2. The lowest BCUT2D eigenvalue weighted by molar-refractivity contribution is 0.0696. The lowest BCUT2D eigenvalue weighted by Crippen LogP contribution is -2.53. The largest absolute Gasteiger partial charge is 0.335 e. The highest BCUT2D eigenvalue weighted by Crippen LogP contribution is 2.33. The van der Waals surface area contributed by atoms with E-state index in [4.69, 9.17) is 16.6 Å². The number of nitrogens with one attached hydrogen (secondary N) is 1. The predicted octanol–water partition coefficient (Wildman–Crippen LogP) is 7.41. The lowest BCUT2D eigenvalue weighted by Gasteiger charge is -2.33. The Hall–Kier alpha value is -3.52. The molecule has 2 aliphatic rings. The molecule has 2 bridgehead atoms. The number of likely N-dealkylation sites (tertiary alicyclic amines) is 1. The summed E-state index contributed by atoms with van der Waals surface area (Å²) >= 11 is 7.54. The number of aromatic nitrogens is 2. The molecule has 2 aromatic carbocycles. The molecule has 1 N–H and O–H groups in total. The summed E-state index contributed by atoms with van der Waals surface area (Å²) in [5.41, 5.74) is 7.16. The average Bonchev–Trinajstić information content (AvgIpc) is 3.63. The number of carbonyl (C=O) groups excluding carboxylic acids is 1. The van der Waals surface area contributed by atoms with Gasteiger partial charge >= 0.3 is 0 Å². The lowest BCUT2D eigenvalue weighted by atomic mass is 9.99. The van der Waals surface area contributed by atoms with Gasteiger partial charge in [-0.05, 0) is 74.9 Å². The Bertz CT molecular complexity index is 1730. The first-order valence-electron chi connectivity index (χ1n) is 15.1. The van der Waals surface area contributed by atoms with Crippen LogP contribution in [0.2, 0.25) is 5.02 Å². The van der Waals surface area contributed by atoms with Crippen LogP contribution in [0.15, 0.2) is 64.3 Å². The van der Waals surface area contributed by atoms with Gasteiger partial charge < -0.3 is 10.2 Å². The van der Waals surface area contributed by atoms with Crippen LogP contribution in [0.3, 0.4) is 0 Å². The molecule has 4 aromatic rings. The Morgan fingerprint density at radius 2 is 1.70 bits per heavy atom. The Balaban J connectivity index is 1.61. The number of hydrogen-bond acceptors (Lipinski definition) is 5.